The Morgan fingerprint density at radius 3 is 2.31 bits per heavy atom. The van der Waals surface area contributed by atoms with Crippen LogP contribution in [0.25, 0.3) is 10.4 Å². The number of carbonyl (C=O) groups excluding carboxylic acids is 3. The van der Waals surface area contributed by atoms with Gasteiger partial charge in [0.2, 0.25) is 5.91 Å². The molecule has 0 bridgehead atoms. The van der Waals surface area contributed by atoms with E-state index in [0.717, 1.165) is 16.9 Å². The van der Waals surface area contributed by atoms with E-state index in [1.165, 1.54) is 23.3 Å². The van der Waals surface area contributed by atoms with E-state index in [1.807, 2.05) is 0 Å². The predicted molar refractivity (Wildman–Crippen MR) is 145 cm³/mol. The van der Waals surface area contributed by atoms with Crippen LogP contribution < -0.4 is 10.2 Å². The lowest BCUT2D eigenvalue weighted by atomic mass is 9.81. The summed E-state index contributed by atoms with van der Waals surface area (Å²) >= 11 is 2.48. The molecule has 2 heterocycles. The molecular formula is C27H28F3N3O4S2. The smallest absolute Gasteiger partial charge is 0.391 e. The molecule has 4 rings (SSSR count). The molecule has 7 nitrogen and oxygen atoms in total. The van der Waals surface area contributed by atoms with Gasteiger partial charge in [0.05, 0.1) is 24.2 Å². The Kier molecular flexibility index (Phi) is 8.75. The predicted octanol–water partition coefficient (Wildman–Crippen LogP) is 7.02. The Balaban J connectivity index is 1.58. The molecular weight excluding hydrogens is 551 g/mol. The first kappa shape index (κ1) is 28.8. The minimum atomic E-state index is -4.26. The number of thiazole rings is 1. The zero-order valence-electron chi connectivity index (χ0n) is 21.6. The molecule has 12 heteroatoms. The number of anilines is 2. The summed E-state index contributed by atoms with van der Waals surface area (Å²) in [4.78, 5) is 45.0. The van der Waals surface area contributed by atoms with E-state index in [9.17, 15) is 27.6 Å². The number of benzene rings is 1. The van der Waals surface area contributed by atoms with Crippen LogP contribution in [0.2, 0.25) is 0 Å². The van der Waals surface area contributed by atoms with Crippen LogP contribution in [-0.4, -0.2) is 42.1 Å². The highest BCUT2D eigenvalue weighted by Gasteiger charge is 2.43. The number of carbonyl (C=O) groups is 3. The van der Waals surface area contributed by atoms with Crippen LogP contribution in [0, 0.1) is 11.8 Å². The number of hydrogen-bond acceptors (Lipinski definition) is 7. The van der Waals surface area contributed by atoms with Crippen molar-refractivity contribution in [1.82, 2.24) is 4.98 Å². The molecule has 1 aromatic carbocycles. The Morgan fingerprint density at radius 1 is 1.10 bits per heavy atom. The standard InChI is InChI=1S/C27H28F3N3O4S2/c1-15(2)33(25(35)17-4-8-18(9-5-17)27(28,29)30)21-12-22(39-23(21)26(36)37-3)16-6-10-19(11-7-16)32-24(34)20-13-38-14-31-20/h6-7,10-15,17-18H,4-5,8-9H2,1-3H3,(H,32,34). The van der Waals surface area contributed by atoms with Crippen LogP contribution in [0.1, 0.15) is 59.7 Å². The number of amides is 2. The van der Waals surface area contributed by atoms with Gasteiger partial charge in [-0.05, 0) is 63.3 Å². The van der Waals surface area contributed by atoms with E-state index in [0.29, 0.717) is 21.9 Å². The molecule has 0 radical (unpaired) electrons. The molecule has 1 fully saturated rings. The molecule has 39 heavy (non-hydrogen) atoms. The quantitative estimate of drug-likeness (QED) is 0.304. The number of thiophene rings is 1. The SMILES string of the molecule is COC(=O)c1sc(-c2ccc(NC(=O)c3cscn3)cc2)cc1N(C(=O)C1CCC(C(F)(F)F)CC1)C(C)C. The van der Waals surface area contributed by atoms with Gasteiger partial charge < -0.3 is 15.0 Å². The zero-order valence-corrected chi connectivity index (χ0v) is 23.2. The van der Waals surface area contributed by atoms with Gasteiger partial charge in [0, 0.05) is 27.9 Å². The molecule has 208 valence electrons. The fourth-order valence-corrected chi connectivity index (χ4v) is 6.30. The van der Waals surface area contributed by atoms with Crippen molar-refractivity contribution in [2.45, 2.75) is 51.7 Å². The molecule has 0 unspecified atom stereocenters. The van der Waals surface area contributed by atoms with E-state index in [-0.39, 0.29) is 48.4 Å². The van der Waals surface area contributed by atoms with Gasteiger partial charge in [-0.25, -0.2) is 9.78 Å². The van der Waals surface area contributed by atoms with Crippen molar-refractivity contribution < 1.29 is 32.3 Å². The highest BCUT2D eigenvalue weighted by Crippen LogP contribution is 2.43. The fraction of sp³-hybridized carbons (Fsp3) is 0.407. The summed E-state index contributed by atoms with van der Waals surface area (Å²) in [5, 5.41) is 4.42. The first-order chi connectivity index (χ1) is 18.5. The number of rotatable bonds is 7. The second-order valence-electron chi connectivity index (χ2n) is 9.61. The number of nitrogens with one attached hydrogen (secondary N) is 1. The monoisotopic (exact) mass is 579 g/mol. The van der Waals surface area contributed by atoms with Crippen molar-refractivity contribution in [1.29, 1.82) is 0 Å². The van der Waals surface area contributed by atoms with Crippen LogP contribution in [0.4, 0.5) is 24.5 Å². The maximum Gasteiger partial charge on any atom is 0.391 e. The van der Waals surface area contributed by atoms with Crippen LogP contribution in [0.5, 0.6) is 0 Å². The van der Waals surface area contributed by atoms with E-state index in [2.05, 4.69) is 10.3 Å². The zero-order chi connectivity index (χ0) is 28.3. The number of hydrogen-bond donors (Lipinski definition) is 1. The number of methoxy groups -OCH3 is 1. The largest absolute Gasteiger partial charge is 0.465 e. The van der Waals surface area contributed by atoms with Gasteiger partial charge >= 0.3 is 12.1 Å². The topological polar surface area (TPSA) is 88.6 Å². The highest BCUT2D eigenvalue weighted by molar-refractivity contribution is 7.18. The van der Waals surface area contributed by atoms with Crippen molar-refractivity contribution >= 4 is 51.8 Å². The molecule has 2 aromatic heterocycles. The van der Waals surface area contributed by atoms with Crippen LogP contribution in [0.15, 0.2) is 41.2 Å². The molecule has 1 aliphatic rings. The summed E-state index contributed by atoms with van der Waals surface area (Å²) in [6.07, 6.45) is -4.15. The van der Waals surface area contributed by atoms with Gasteiger partial charge in [-0.3, -0.25) is 9.59 Å². The number of halogens is 3. The molecule has 0 aliphatic heterocycles. The summed E-state index contributed by atoms with van der Waals surface area (Å²) in [7, 11) is 1.26. The molecule has 1 saturated carbocycles. The summed E-state index contributed by atoms with van der Waals surface area (Å²) in [6, 6.07) is 8.41. The van der Waals surface area contributed by atoms with E-state index < -0.39 is 24.0 Å². The number of esters is 1. The molecule has 3 aromatic rings. The molecule has 1 N–H and O–H groups in total. The lowest BCUT2D eigenvalue weighted by Gasteiger charge is -2.34. The second kappa shape index (κ2) is 11.9. The van der Waals surface area contributed by atoms with Crippen molar-refractivity contribution in [3.8, 4) is 10.4 Å². The number of nitrogens with zero attached hydrogens (tertiary/aromatic N) is 2. The third kappa shape index (κ3) is 6.50. The number of aromatic nitrogens is 1. The second-order valence-corrected chi connectivity index (χ2v) is 11.4. The van der Waals surface area contributed by atoms with Crippen molar-refractivity contribution in [3.63, 3.8) is 0 Å². The van der Waals surface area contributed by atoms with E-state index in [4.69, 9.17) is 4.74 Å². The average molecular weight is 580 g/mol. The fourth-order valence-electron chi connectivity index (χ4n) is 4.69. The minimum Gasteiger partial charge on any atom is -0.465 e. The molecule has 0 saturated heterocycles. The van der Waals surface area contributed by atoms with Crippen molar-refractivity contribution in [2.75, 3.05) is 17.3 Å². The Hall–Kier alpha value is -3.25. The Morgan fingerprint density at radius 2 is 1.77 bits per heavy atom. The minimum absolute atomic E-state index is 0.0874. The van der Waals surface area contributed by atoms with E-state index >= 15 is 0 Å². The molecule has 1 aliphatic carbocycles. The van der Waals surface area contributed by atoms with Crippen molar-refractivity contribution in [3.05, 3.63) is 51.8 Å². The summed E-state index contributed by atoms with van der Waals surface area (Å²) < 4.78 is 44.4. The van der Waals surface area contributed by atoms with Crippen molar-refractivity contribution in [2.24, 2.45) is 11.8 Å². The lowest BCUT2D eigenvalue weighted by Crippen LogP contribution is -2.43. The van der Waals surface area contributed by atoms with Gasteiger partial charge in [0.15, 0.2) is 0 Å². The number of ether oxygens (including phenoxy) is 1. The summed E-state index contributed by atoms with van der Waals surface area (Å²) in [6.45, 7) is 3.61. The molecule has 2 amide bonds. The van der Waals surface area contributed by atoms with Crippen LogP contribution >= 0.6 is 22.7 Å². The maximum absolute atomic E-state index is 13.6. The molecule has 0 atom stereocenters. The maximum atomic E-state index is 13.6. The van der Waals surface area contributed by atoms with Gasteiger partial charge in [-0.15, -0.1) is 22.7 Å². The van der Waals surface area contributed by atoms with E-state index in [1.54, 1.807) is 55.1 Å². The number of alkyl halides is 3. The van der Waals surface area contributed by atoms with Crippen LogP contribution in [0.3, 0.4) is 0 Å². The lowest BCUT2D eigenvalue weighted by molar-refractivity contribution is -0.184. The summed E-state index contributed by atoms with van der Waals surface area (Å²) in [5.41, 5.74) is 3.59. The van der Waals surface area contributed by atoms with Gasteiger partial charge in [0.1, 0.15) is 10.6 Å². The van der Waals surface area contributed by atoms with Crippen LogP contribution in [-0.2, 0) is 9.53 Å². The molecule has 0 spiro atoms. The normalized spacial score (nSPS) is 17.6. The average Bonchev–Trinajstić information content (AvgIpc) is 3.59. The van der Waals surface area contributed by atoms with Gasteiger partial charge in [0.25, 0.3) is 5.91 Å². The Labute approximate surface area is 232 Å². The Bertz CT molecular complexity index is 1310. The van der Waals surface area contributed by atoms with Gasteiger partial charge in [-0.2, -0.15) is 13.2 Å². The first-order valence-electron chi connectivity index (χ1n) is 12.4. The third-order valence-electron chi connectivity index (χ3n) is 6.73. The van der Waals surface area contributed by atoms with Gasteiger partial charge in [-0.1, -0.05) is 12.1 Å². The third-order valence-corrected chi connectivity index (χ3v) is 8.47. The first-order valence-corrected chi connectivity index (χ1v) is 14.2. The summed E-state index contributed by atoms with van der Waals surface area (Å²) in [5.74, 6) is -3.17. The highest BCUT2D eigenvalue weighted by atomic mass is 32.1.